The van der Waals surface area contributed by atoms with E-state index in [0.717, 1.165) is 33.5 Å². The minimum atomic E-state index is -4.73. The van der Waals surface area contributed by atoms with Gasteiger partial charge in [-0.25, -0.2) is 22.6 Å². The number of aromatic nitrogens is 2. The second kappa shape index (κ2) is 15.3. The van der Waals surface area contributed by atoms with E-state index < -0.39 is 63.8 Å². The Bertz CT molecular complexity index is 1710. The van der Waals surface area contributed by atoms with Crippen LogP contribution in [0.3, 0.4) is 0 Å². The molecule has 48 heavy (non-hydrogen) atoms. The third-order valence-electron chi connectivity index (χ3n) is 6.29. The fourth-order valence-corrected chi connectivity index (χ4v) is 4.65. The number of halogens is 3. The van der Waals surface area contributed by atoms with E-state index in [-0.39, 0.29) is 29.4 Å². The number of sulfonamides is 1. The molecule has 0 saturated carbocycles. The summed E-state index contributed by atoms with van der Waals surface area (Å²) in [6.45, 7) is 6.30. The van der Waals surface area contributed by atoms with Gasteiger partial charge in [0.2, 0.25) is 5.28 Å². The van der Waals surface area contributed by atoms with Crippen molar-refractivity contribution in [3.05, 3.63) is 71.1 Å². The van der Waals surface area contributed by atoms with Crippen molar-refractivity contribution in [3.8, 4) is 16.9 Å². The van der Waals surface area contributed by atoms with E-state index in [2.05, 4.69) is 10.4 Å². The van der Waals surface area contributed by atoms with Crippen molar-refractivity contribution in [2.45, 2.75) is 52.0 Å². The molecule has 15 nitrogen and oxygen atoms in total. The second-order valence-electron chi connectivity index (χ2n) is 11.3. The van der Waals surface area contributed by atoms with Crippen molar-refractivity contribution in [2.75, 3.05) is 26.3 Å². The number of carbonyl (C=O) groups is 2. The number of aliphatic hydroxyl groups excluding tert-OH is 1. The van der Waals surface area contributed by atoms with Gasteiger partial charge in [0, 0.05) is 12.5 Å². The van der Waals surface area contributed by atoms with Crippen LogP contribution in [-0.4, -0.2) is 77.9 Å². The minimum Gasteiger partial charge on any atom is -0.569 e. The zero-order valence-electron chi connectivity index (χ0n) is 26.6. The Hall–Kier alpha value is -4.91. The number of hydrazine groups is 1. The van der Waals surface area contributed by atoms with Crippen molar-refractivity contribution in [3.63, 3.8) is 0 Å². The molecule has 2 N–H and O–H groups in total. The Morgan fingerprint density at radius 1 is 1.10 bits per heavy atom. The number of hydrogen-bond acceptors (Lipinski definition) is 11. The summed E-state index contributed by atoms with van der Waals surface area (Å²) in [6, 6.07) is 12.2. The predicted octanol–water partition coefficient (Wildman–Crippen LogP) is 4.32. The molecule has 262 valence electrons. The molecule has 0 aliphatic carbocycles. The molecule has 0 bridgehead atoms. The molecule has 0 saturated heterocycles. The van der Waals surface area contributed by atoms with Gasteiger partial charge >= 0.3 is 18.2 Å². The van der Waals surface area contributed by atoms with Gasteiger partial charge in [0.05, 0.1) is 33.3 Å². The molecule has 2 aromatic carbocycles. The van der Waals surface area contributed by atoms with E-state index in [1.165, 1.54) is 19.1 Å². The largest absolute Gasteiger partial charge is 0.569 e. The monoisotopic (exact) mass is 700 g/mol. The van der Waals surface area contributed by atoms with E-state index >= 15 is 0 Å². The zero-order chi connectivity index (χ0) is 35.9. The van der Waals surface area contributed by atoms with Gasteiger partial charge in [-0.2, -0.15) is 18.3 Å². The first kappa shape index (κ1) is 37.5. The Morgan fingerprint density at radius 3 is 2.29 bits per heavy atom. The van der Waals surface area contributed by atoms with E-state index in [4.69, 9.17) is 14.3 Å². The quantitative estimate of drug-likeness (QED) is 0.0850. The van der Waals surface area contributed by atoms with Crippen molar-refractivity contribution in [1.82, 2.24) is 19.5 Å². The molecule has 0 aliphatic heterocycles. The maximum atomic E-state index is 13.5. The number of hydrogen-bond donors (Lipinski definition) is 2. The smallest absolute Gasteiger partial charge is 0.435 e. The first-order valence-corrected chi connectivity index (χ1v) is 15.8. The number of rotatable bonds is 13. The Morgan fingerprint density at radius 2 is 1.73 bits per heavy atom. The SMILES string of the molecule is Cc1ccc(-c2cc(C(F)(F)F)nn2-c2ccc(S(=O)(=O)NC(=O)OCCN(CCO)[N+]([O-])=NOC(C)OC(=O)C(C)(C)C)cc2)cc1. The van der Waals surface area contributed by atoms with Crippen LogP contribution in [0.1, 0.15) is 39.0 Å². The molecule has 19 heteroatoms. The molecule has 1 unspecified atom stereocenters. The first-order chi connectivity index (χ1) is 22.3. The Labute approximate surface area is 274 Å². The zero-order valence-corrected chi connectivity index (χ0v) is 27.4. The van der Waals surface area contributed by atoms with Gasteiger partial charge in [-0.15, -0.1) is 5.01 Å². The highest BCUT2D eigenvalue weighted by Gasteiger charge is 2.35. The number of aliphatic hydroxyl groups is 1. The molecule has 3 aromatic rings. The topological polar surface area (TPSA) is 188 Å². The van der Waals surface area contributed by atoms with Crippen LogP contribution in [0.5, 0.6) is 0 Å². The van der Waals surface area contributed by atoms with Crippen LogP contribution < -0.4 is 4.72 Å². The highest BCUT2D eigenvalue weighted by Crippen LogP contribution is 2.33. The number of alkyl halides is 3. The molecule has 1 aromatic heterocycles. The predicted molar refractivity (Wildman–Crippen MR) is 161 cm³/mol. The number of amides is 1. The molecule has 0 aliphatic rings. The standard InChI is InChI=1S/C29H35F3N6O9S/c1-19-6-8-21(9-7-19)24-18-25(29(30,31)32)33-37(24)22-10-12-23(13-11-22)48(43,44)34-27(41)45-17-15-36(14-16-39)38(42)35-47-20(2)46-26(40)28(3,4)5/h6-13,18,20,39H,14-17H2,1-5H3,(H,34,41). The highest BCUT2D eigenvalue weighted by molar-refractivity contribution is 7.90. The van der Waals surface area contributed by atoms with Crippen molar-refractivity contribution >= 4 is 22.1 Å². The molecule has 0 fully saturated rings. The number of nitrogens with one attached hydrogen (secondary N) is 1. The fraction of sp³-hybridized carbons (Fsp3) is 0.414. The van der Waals surface area contributed by atoms with Crippen LogP contribution in [0.4, 0.5) is 18.0 Å². The summed E-state index contributed by atoms with van der Waals surface area (Å²) in [4.78, 5) is 28.5. The van der Waals surface area contributed by atoms with Gasteiger partial charge in [-0.1, -0.05) is 29.8 Å². The summed E-state index contributed by atoms with van der Waals surface area (Å²) in [5.74, 6) is -0.607. The second-order valence-corrected chi connectivity index (χ2v) is 12.9. The van der Waals surface area contributed by atoms with E-state index in [1.807, 2.05) is 6.92 Å². The molecular weight excluding hydrogens is 665 g/mol. The first-order valence-electron chi connectivity index (χ1n) is 14.3. The van der Waals surface area contributed by atoms with Crippen LogP contribution in [0.2, 0.25) is 0 Å². The van der Waals surface area contributed by atoms with Gasteiger partial charge in [0.15, 0.2) is 5.69 Å². The molecule has 1 atom stereocenters. The van der Waals surface area contributed by atoms with E-state index in [1.54, 1.807) is 49.8 Å². The lowest BCUT2D eigenvalue weighted by atomic mass is 9.97. The molecule has 0 radical (unpaired) electrons. The van der Waals surface area contributed by atoms with Gasteiger partial charge in [-0.3, -0.25) is 9.63 Å². The van der Waals surface area contributed by atoms with Gasteiger partial charge in [0.1, 0.15) is 19.7 Å². The van der Waals surface area contributed by atoms with E-state index in [9.17, 15) is 41.5 Å². The van der Waals surface area contributed by atoms with Gasteiger partial charge in [0.25, 0.3) is 16.3 Å². The summed E-state index contributed by atoms with van der Waals surface area (Å²) < 4.78 is 78.6. The number of nitrogens with zero attached hydrogens (tertiary/aromatic N) is 5. The van der Waals surface area contributed by atoms with Crippen molar-refractivity contribution in [1.29, 1.82) is 0 Å². The number of esters is 1. The molecule has 1 amide bonds. The average Bonchev–Trinajstić information content (AvgIpc) is 3.45. The molecule has 3 rings (SSSR count). The molecular formula is C29H35F3N6O9S. The lowest BCUT2D eigenvalue weighted by molar-refractivity contribution is -0.713. The van der Waals surface area contributed by atoms with Crippen molar-refractivity contribution < 1.29 is 55.6 Å². The maximum Gasteiger partial charge on any atom is 0.435 e. The summed E-state index contributed by atoms with van der Waals surface area (Å²) in [5, 5.41) is 29.3. The van der Waals surface area contributed by atoms with Gasteiger partial charge < -0.3 is 19.8 Å². The van der Waals surface area contributed by atoms with Crippen LogP contribution in [0, 0.1) is 17.5 Å². The Balaban J connectivity index is 1.64. The lowest BCUT2D eigenvalue weighted by Crippen LogP contribution is -2.38. The van der Waals surface area contributed by atoms with Crippen molar-refractivity contribution in [2.24, 2.45) is 10.7 Å². The lowest BCUT2D eigenvalue weighted by Gasteiger charge is -2.20. The number of aryl methyl sites for hydroxylation is 1. The third-order valence-corrected chi connectivity index (χ3v) is 7.62. The average molecular weight is 701 g/mol. The minimum absolute atomic E-state index is 0.0707. The normalized spacial score (nSPS) is 13.1. The van der Waals surface area contributed by atoms with Gasteiger partial charge in [-0.05, 0) is 58.0 Å². The maximum absolute atomic E-state index is 13.5. The van der Waals surface area contributed by atoms with E-state index in [0.29, 0.717) is 5.56 Å². The summed E-state index contributed by atoms with van der Waals surface area (Å²) >= 11 is 0. The Kier molecular flexibility index (Phi) is 12.0. The molecule has 0 spiro atoms. The van der Waals surface area contributed by atoms with Crippen LogP contribution in [-0.2, 0) is 35.3 Å². The number of benzene rings is 2. The van der Waals surface area contributed by atoms with Crippen LogP contribution in [0.15, 0.2) is 64.8 Å². The fourth-order valence-electron chi connectivity index (χ4n) is 3.76. The third kappa shape index (κ3) is 10.3. The summed E-state index contributed by atoms with van der Waals surface area (Å²) in [7, 11) is -4.50. The number of ether oxygens (including phenoxy) is 2. The summed E-state index contributed by atoms with van der Waals surface area (Å²) in [5.41, 5.74) is -0.407. The molecule has 1 heterocycles. The highest BCUT2D eigenvalue weighted by atomic mass is 32.2. The number of carbonyl (C=O) groups excluding carboxylic acids is 2. The summed E-state index contributed by atoms with van der Waals surface area (Å²) in [6.07, 6.45) is -7.36. The van der Waals surface area contributed by atoms with Crippen LogP contribution in [0.25, 0.3) is 16.9 Å². The van der Waals surface area contributed by atoms with Crippen LogP contribution >= 0.6 is 0 Å².